The quantitative estimate of drug-likeness (QED) is 0.773. The Balaban J connectivity index is 1.24. The van der Waals surface area contributed by atoms with Crippen molar-refractivity contribution in [3.05, 3.63) is 35.7 Å². The lowest BCUT2D eigenvalue weighted by atomic mass is 10.1. The van der Waals surface area contributed by atoms with E-state index in [4.69, 9.17) is 4.52 Å². The highest BCUT2D eigenvalue weighted by molar-refractivity contribution is 5.78. The number of carbonyl (C=O) groups is 1. The van der Waals surface area contributed by atoms with E-state index < -0.39 is 0 Å². The molecule has 0 aliphatic carbocycles. The number of amides is 1. The van der Waals surface area contributed by atoms with Crippen LogP contribution in [0.2, 0.25) is 0 Å². The van der Waals surface area contributed by atoms with Gasteiger partial charge in [-0.2, -0.15) is 4.98 Å². The fourth-order valence-electron chi connectivity index (χ4n) is 4.05. The summed E-state index contributed by atoms with van der Waals surface area (Å²) in [5, 5.41) is 4.12. The van der Waals surface area contributed by atoms with E-state index in [1.807, 2.05) is 12.1 Å². The van der Waals surface area contributed by atoms with E-state index in [0.717, 1.165) is 57.7 Å². The Hall–Kier alpha value is -2.25. The highest BCUT2D eigenvalue weighted by atomic mass is 16.5. The Kier molecular flexibility index (Phi) is 6.56. The molecule has 2 aliphatic heterocycles. The monoisotopic (exact) mass is 397 g/mol. The van der Waals surface area contributed by atoms with Crippen LogP contribution in [-0.4, -0.2) is 76.6 Å². The summed E-state index contributed by atoms with van der Waals surface area (Å²) in [5.74, 6) is 1.58. The van der Waals surface area contributed by atoms with Crippen LogP contribution in [0.3, 0.4) is 0 Å². The molecule has 2 fully saturated rings. The van der Waals surface area contributed by atoms with Crippen LogP contribution < -0.4 is 0 Å². The third-order valence-corrected chi connectivity index (χ3v) is 5.92. The molecule has 4 rings (SSSR count). The number of hydrogen-bond donors (Lipinski definition) is 0. The van der Waals surface area contributed by atoms with Crippen molar-refractivity contribution < 1.29 is 9.32 Å². The Morgan fingerprint density at radius 1 is 0.931 bits per heavy atom. The molecule has 2 saturated heterocycles. The fraction of sp³-hybridized carbons (Fsp3) is 0.591. The first kappa shape index (κ1) is 20.0. The molecule has 3 heterocycles. The molecule has 1 amide bonds. The Labute approximate surface area is 172 Å². The molecular weight excluding hydrogens is 366 g/mol. The minimum absolute atomic E-state index is 0.292. The van der Waals surface area contributed by atoms with Crippen molar-refractivity contribution >= 4 is 5.91 Å². The van der Waals surface area contributed by atoms with Crippen LogP contribution in [0.5, 0.6) is 0 Å². The van der Waals surface area contributed by atoms with E-state index in [-0.39, 0.29) is 0 Å². The van der Waals surface area contributed by atoms with Gasteiger partial charge < -0.3 is 9.42 Å². The van der Waals surface area contributed by atoms with Crippen LogP contribution in [0.25, 0.3) is 11.4 Å². The van der Waals surface area contributed by atoms with Crippen LogP contribution in [-0.2, 0) is 11.3 Å². The maximum Gasteiger partial charge on any atom is 0.241 e. The lowest BCUT2D eigenvalue weighted by molar-refractivity contribution is -0.132. The van der Waals surface area contributed by atoms with Gasteiger partial charge in [0.05, 0.1) is 13.1 Å². The number of carbonyl (C=O) groups excluding carboxylic acids is 1. The van der Waals surface area contributed by atoms with Gasteiger partial charge in [-0.15, -0.1) is 0 Å². The van der Waals surface area contributed by atoms with E-state index in [2.05, 4.69) is 43.9 Å². The summed E-state index contributed by atoms with van der Waals surface area (Å²) < 4.78 is 5.46. The third-order valence-electron chi connectivity index (χ3n) is 5.92. The Morgan fingerprint density at radius 3 is 2.28 bits per heavy atom. The zero-order chi connectivity index (χ0) is 20.1. The predicted octanol–water partition coefficient (Wildman–Crippen LogP) is 2.57. The van der Waals surface area contributed by atoms with Gasteiger partial charge in [0.25, 0.3) is 0 Å². The highest BCUT2D eigenvalue weighted by Gasteiger charge is 2.23. The molecule has 0 radical (unpaired) electrons. The predicted molar refractivity (Wildman–Crippen MR) is 111 cm³/mol. The van der Waals surface area contributed by atoms with Gasteiger partial charge in [0, 0.05) is 44.8 Å². The summed E-state index contributed by atoms with van der Waals surface area (Å²) in [6, 6.07) is 8.14. The van der Waals surface area contributed by atoms with Crippen LogP contribution in [0.4, 0.5) is 0 Å². The number of aryl methyl sites for hydroxylation is 1. The number of likely N-dealkylation sites (tertiary alicyclic amines) is 1. The second kappa shape index (κ2) is 9.50. The summed E-state index contributed by atoms with van der Waals surface area (Å²) >= 11 is 0. The van der Waals surface area contributed by atoms with Crippen molar-refractivity contribution in [3.8, 4) is 11.4 Å². The van der Waals surface area contributed by atoms with E-state index in [0.29, 0.717) is 30.7 Å². The summed E-state index contributed by atoms with van der Waals surface area (Å²) in [4.78, 5) is 23.8. The van der Waals surface area contributed by atoms with Crippen molar-refractivity contribution in [2.75, 3.05) is 45.8 Å². The number of benzene rings is 1. The zero-order valence-corrected chi connectivity index (χ0v) is 17.3. The molecule has 0 spiro atoms. The lowest BCUT2D eigenvalue weighted by Crippen LogP contribution is -2.49. The normalized spacial score (nSPS) is 19.3. The molecule has 0 saturated carbocycles. The van der Waals surface area contributed by atoms with Crippen LogP contribution in [0, 0.1) is 6.92 Å². The number of aromatic nitrogens is 2. The topological polar surface area (TPSA) is 65.7 Å². The molecule has 1 aromatic heterocycles. The van der Waals surface area contributed by atoms with Crippen molar-refractivity contribution in [1.82, 2.24) is 24.8 Å². The first-order chi connectivity index (χ1) is 14.2. The summed E-state index contributed by atoms with van der Waals surface area (Å²) in [7, 11) is 0. The van der Waals surface area contributed by atoms with Gasteiger partial charge in [0.15, 0.2) is 0 Å². The molecule has 2 aromatic rings. The molecule has 0 N–H and O–H groups in total. The maximum atomic E-state index is 12.6. The van der Waals surface area contributed by atoms with Gasteiger partial charge in [0.1, 0.15) is 0 Å². The number of rotatable bonds is 5. The summed E-state index contributed by atoms with van der Waals surface area (Å²) in [6.07, 6.45) is 4.80. The second-order valence-corrected chi connectivity index (χ2v) is 8.23. The SMILES string of the molecule is Cc1ccc(-c2noc(CN3CCN(CC(=O)N4CCCCCC4)CC3)n2)cc1. The Bertz CT molecular complexity index is 788. The van der Waals surface area contributed by atoms with Crippen LogP contribution >= 0.6 is 0 Å². The van der Waals surface area contributed by atoms with E-state index in [9.17, 15) is 4.79 Å². The molecule has 0 unspecified atom stereocenters. The van der Waals surface area contributed by atoms with Crippen LogP contribution in [0.15, 0.2) is 28.8 Å². The molecule has 0 bridgehead atoms. The average Bonchev–Trinajstić information content (AvgIpc) is 3.02. The molecule has 0 atom stereocenters. The van der Waals surface area contributed by atoms with Gasteiger partial charge in [-0.05, 0) is 19.8 Å². The van der Waals surface area contributed by atoms with Gasteiger partial charge in [0.2, 0.25) is 17.6 Å². The van der Waals surface area contributed by atoms with Crippen molar-refractivity contribution in [2.45, 2.75) is 39.2 Å². The third kappa shape index (κ3) is 5.42. The standard InChI is InChI=1S/C22H31N5O2/c1-18-6-8-19(9-7-18)22-23-20(29-24-22)16-25-12-14-26(15-13-25)17-21(28)27-10-4-2-3-5-11-27/h6-9H,2-5,10-17H2,1H3. The average molecular weight is 398 g/mol. The molecule has 7 heteroatoms. The number of hydrogen-bond acceptors (Lipinski definition) is 6. The van der Waals surface area contributed by atoms with Crippen LogP contribution in [0.1, 0.15) is 37.1 Å². The van der Waals surface area contributed by atoms with Crippen molar-refractivity contribution in [3.63, 3.8) is 0 Å². The highest BCUT2D eigenvalue weighted by Crippen LogP contribution is 2.17. The second-order valence-electron chi connectivity index (χ2n) is 8.23. The maximum absolute atomic E-state index is 12.6. The van der Waals surface area contributed by atoms with Gasteiger partial charge >= 0.3 is 0 Å². The first-order valence-corrected chi connectivity index (χ1v) is 10.8. The molecule has 29 heavy (non-hydrogen) atoms. The number of nitrogens with zero attached hydrogens (tertiary/aromatic N) is 5. The lowest BCUT2D eigenvalue weighted by Gasteiger charge is -2.34. The van der Waals surface area contributed by atoms with E-state index in [1.54, 1.807) is 0 Å². The van der Waals surface area contributed by atoms with Crippen molar-refractivity contribution in [2.24, 2.45) is 0 Å². The minimum atomic E-state index is 0.292. The van der Waals surface area contributed by atoms with Gasteiger partial charge in [-0.25, -0.2) is 0 Å². The van der Waals surface area contributed by atoms with Gasteiger partial charge in [-0.3, -0.25) is 14.6 Å². The molecular formula is C22H31N5O2. The fourth-order valence-corrected chi connectivity index (χ4v) is 4.05. The minimum Gasteiger partial charge on any atom is -0.342 e. The smallest absolute Gasteiger partial charge is 0.241 e. The van der Waals surface area contributed by atoms with E-state index >= 15 is 0 Å². The molecule has 2 aliphatic rings. The summed E-state index contributed by atoms with van der Waals surface area (Å²) in [5.41, 5.74) is 2.19. The first-order valence-electron chi connectivity index (χ1n) is 10.8. The largest absolute Gasteiger partial charge is 0.342 e. The zero-order valence-electron chi connectivity index (χ0n) is 17.3. The van der Waals surface area contributed by atoms with E-state index in [1.165, 1.54) is 18.4 Å². The summed E-state index contributed by atoms with van der Waals surface area (Å²) in [6.45, 7) is 8.76. The number of piperazine rings is 1. The molecule has 7 nitrogen and oxygen atoms in total. The molecule has 1 aromatic carbocycles. The molecule has 156 valence electrons. The Morgan fingerprint density at radius 2 is 1.59 bits per heavy atom. The van der Waals surface area contributed by atoms with Crippen molar-refractivity contribution in [1.29, 1.82) is 0 Å². The van der Waals surface area contributed by atoms with Gasteiger partial charge in [-0.1, -0.05) is 47.8 Å².